The van der Waals surface area contributed by atoms with E-state index in [2.05, 4.69) is 0 Å². The summed E-state index contributed by atoms with van der Waals surface area (Å²) < 4.78 is 13.5. The molecule has 114 valence electrons. The van der Waals surface area contributed by atoms with Gasteiger partial charge in [0.2, 0.25) is 5.91 Å². The van der Waals surface area contributed by atoms with Crippen molar-refractivity contribution >= 4 is 5.91 Å². The van der Waals surface area contributed by atoms with Gasteiger partial charge in [0, 0.05) is 19.0 Å². The third-order valence-electron chi connectivity index (χ3n) is 5.15. The van der Waals surface area contributed by atoms with Gasteiger partial charge in [-0.05, 0) is 60.8 Å². The number of halogens is 1. The lowest BCUT2D eigenvalue weighted by Crippen LogP contribution is -2.41. The van der Waals surface area contributed by atoms with Gasteiger partial charge in [-0.15, -0.1) is 0 Å². The van der Waals surface area contributed by atoms with Crippen molar-refractivity contribution in [2.75, 3.05) is 13.1 Å². The number of nitrogens with zero attached hydrogens (tertiary/aromatic N) is 1. The predicted octanol–water partition coefficient (Wildman–Crippen LogP) is 3.75. The van der Waals surface area contributed by atoms with Crippen LogP contribution in [0.4, 0.5) is 4.39 Å². The molecule has 1 aliphatic carbocycles. The molecular weight excluding hydrogens is 265 g/mol. The molecule has 1 aromatic carbocycles. The second kappa shape index (κ2) is 5.78. The van der Waals surface area contributed by atoms with Crippen molar-refractivity contribution in [1.29, 1.82) is 0 Å². The van der Waals surface area contributed by atoms with Crippen LogP contribution >= 0.6 is 0 Å². The summed E-state index contributed by atoms with van der Waals surface area (Å²) in [6.07, 6.45) is 4.32. The second-order valence-corrected chi connectivity index (χ2v) is 6.81. The normalized spacial score (nSPS) is 22.7. The first kappa shape index (κ1) is 14.6. The Morgan fingerprint density at radius 1 is 1.24 bits per heavy atom. The van der Waals surface area contributed by atoms with Crippen molar-refractivity contribution in [3.63, 3.8) is 0 Å². The Morgan fingerprint density at radius 3 is 2.62 bits per heavy atom. The van der Waals surface area contributed by atoms with E-state index in [9.17, 15) is 9.18 Å². The van der Waals surface area contributed by atoms with Gasteiger partial charge in [0.1, 0.15) is 5.82 Å². The van der Waals surface area contributed by atoms with Crippen molar-refractivity contribution in [3.05, 3.63) is 35.1 Å². The number of amides is 1. The van der Waals surface area contributed by atoms with Crippen LogP contribution in [0, 0.1) is 17.7 Å². The predicted molar refractivity (Wildman–Crippen MR) is 81.6 cm³/mol. The highest BCUT2D eigenvalue weighted by Gasteiger charge is 2.33. The van der Waals surface area contributed by atoms with E-state index in [0.717, 1.165) is 38.8 Å². The molecule has 2 nitrogen and oxygen atoms in total. The van der Waals surface area contributed by atoms with E-state index in [0.29, 0.717) is 11.8 Å². The molecule has 2 aliphatic rings. The first-order valence-corrected chi connectivity index (χ1v) is 8.13. The molecule has 3 heteroatoms. The molecule has 1 amide bonds. The first-order chi connectivity index (χ1) is 10.1. The Morgan fingerprint density at radius 2 is 1.95 bits per heavy atom. The maximum absolute atomic E-state index is 13.5. The molecule has 0 spiro atoms. The number of piperidine rings is 1. The fraction of sp³-hybridized carbons (Fsp3) is 0.611. The van der Waals surface area contributed by atoms with Crippen LogP contribution in [0.1, 0.15) is 50.2 Å². The van der Waals surface area contributed by atoms with Gasteiger partial charge in [0.25, 0.3) is 0 Å². The standard InChI is InChI=1S/C18H24FNO/c1-12(2)18(21)20-9-7-14(8-10-20)16-6-4-13-3-5-15(19)11-17(13)16/h3,5,11-12,14,16H,4,6-10H2,1-2H3. The Kier molecular flexibility index (Phi) is 4.01. The maximum atomic E-state index is 13.5. The first-order valence-electron chi connectivity index (χ1n) is 8.13. The Balaban J connectivity index is 1.67. The molecule has 0 N–H and O–H groups in total. The van der Waals surface area contributed by atoms with Crippen LogP contribution in [0.15, 0.2) is 18.2 Å². The smallest absolute Gasteiger partial charge is 0.225 e. The largest absolute Gasteiger partial charge is 0.342 e. The molecule has 1 saturated heterocycles. The van der Waals surface area contributed by atoms with Gasteiger partial charge in [-0.1, -0.05) is 19.9 Å². The maximum Gasteiger partial charge on any atom is 0.225 e. The summed E-state index contributed by atoms with van der Waals surface area (Å²) in [4.78, 5) is 14.0. The van der Waals surface area contributed by atoms with Gasteiger partial charge >= 0.3 is 0 Å². The lowest BCUT2D eigenvalue weighted by Gasteiger charge is -2.36. The highest BCUT2D eigenvalue weighted by molar-refractivity contribution is 5.78. The molecule has 1 fully saturated rings. The summed E-state index contributed by atoms with van der Waals surface area (Å²) >= 11 is 0. The molecule has 3 rings (SSSR count). The number of likely N-dealkylation sites (tertiary alicyclic amines) is 1. The topological polar surface area (TPSA) is 20.3 Å². The summed E-state index contributed by atoms with van der Waals surface area (Å²) in [5.74, 6) is 1.33. The molecule has 21 heavy (non-hydrogen) atoms. The zero-order valence-electron chi connectivity index (χ0n) is 12.9. The number of carbonyl (C=O) groups excluding carboxylic acids is 1. The summed E-state index contributed by atoms with van der Waals surface area (Å²) in [6.45, 7) is 5.65. The number of benzene rings is 1. The van der Waals surface area contributed by atoms with Crippen LogP contribution in [0.2, 0.25) is 0 Å². The van der Waals surface area contributed by atoms with Crippen LogP contribution in [-0.2, 0) is 11.2 Å². The average Bonchev–Trinajstić information content (AvgIpc) is 2.89. The summed E-state index contributed by atoms with van der Waals surface area (Å²) in [7, 11) is 0. The third kappa shape index (κ3) is 2.83. The van der Waals surface area contributed by atoms with E-state index in [1.54, 1.807) is 12.1 Å². The molecule has 1 aliphatic heterocycles. The Hall–Kier alpha value is -1.38. The molecule has 1 heterocycles. The van der Waals surface area contributed by atoms with Gasteiger partial charge in [0.15, 0.2) is 0 Å². The minimum absolute atomic E-state index is 0.0860. The van der Waals surface area contributed by atoms with Crippen LogP contribution in [0.25, 0.3) is 0 Å². The highest BCUT2D eigenvalue weighted by Crippen LogP contribution is 2.42. The van der Waals surface area contributed by atoms with E-state index < -0.39 is 0 Å². The monoisotopic (exact) mass is 289 g/mol. The minimum Gasteiger partial charge on any atom is -0.342 e. The Labute approximate surface area is 126 Å². The molecule has 1 unspecified atom stereocenters. The van der Waals surface area contributed by atoms with E-state index in [1.807, 2.05) is 24.8 Å². The summed E-state index contributed by atoms with van der Waals surface area (Å²) in [5, 5.41) is 0. The van der Waals surface area contributed by atoms with Crippen LogP contribution in [0.5, 0.6) is 0 Å². The molecule has 0 aromatic heterocycles. The molecule has 0 saturated carbocycles. The van der Waals surface area contributed by atoms with E-state index in [1.165, 1.54) is 11.1 Å². The number of hydrogen-bond donors (Lipinski definition) is 0. The third-order valence-corrected chi connectivity index (χ3v) is 5.15. The second-order valence-electron chi connectivity index (χ2n) is 6.81. The molecule has 0 radical (unpaired) electrons. The van der Waals surface area contributed by atoms with Gasteiger partial charge in [-0.3, -0.25) is 4.79 Å². The summed E-state index contributed by atoms with van der Waals surface area (Å²) in [6, 6.07) is 5.26. The lowest BCUT2D eigenvalue weighted by atomic mass is 9.80. The SMILES string of the molecule is CC(C)C(=O)N1CCC(C2CCc3ccc(F)cc32)CC1. The number of rotatable bonds is 2. The zero-order chi connectivity index (χ0) is 15.0. The van der Waals surface area contributed by atoms with Crippen LogP contribution < -0.4 is 0 Å². The van der Waals surface area contributed by atoms with Crippen molar-refractivity contribution < 1.29 is 9.18 Å². The molecular formula is C18H24FNO. The van der Waals surface area contributed by atoms with Crippen LogP contribution in [0.3, 0.4) is 0 Å². The van der Waals surface area contributed by atoms with E-state index >= 15 is 0 Å². The number of hydrogen-bond acceptors (Lipinski definition) is 1. The summed E-state index contributed by atoms with van der Waals surface area (Å²) in [5.41, 5.74) is 2.55. The average molecular weight is 289 g/mol. The molecule has 1 atom stereocenters. The zero-order valence-corrected chi connectivity index (χ0v) is 12.9. The van der Waals surface area contributed by atoms with Crippen molar-refractivity contribution in [1.82, 2.24) is 4.90 Å². The van der Waals surface area contributed by atoms with Gasteiger partial charge in [-0.2, -0.15) is 0 Å². The fourth-order valence-corrected chi connectivity index (χ4v) is 3.98. The van der Waals surface area contributed by atoms with Crippen molar-refractivity contribution in [2.24, 2.45) is 11.8 Å². The molecule has 0 bridgehead atoms. The number of carbonyl (C=O) groups is 1. The number of fused-ring (bicyclic) bond motifs is 1. The van der Waals surface area contributed by atoms with Gasteiger partial charge < -0.3 is 4.90 Å². The quantitative estimate of drug-likeness (QED) is 0.812. The highest BCUT2D eigenvalue weighted by atomic mass is 19.1. The van der Waals surface area contributed by atoms with E-state index in [4.69, 9.17) is 0 Å². The van der Waals surface area contributed by atoms with Gasteiger partial charge in [0.05, 0.1) is 0 Å². The number of aryl methyl sites for hydroxylation is 1. The lowest BCUT2D eigenvalue weighted by molar-refractivity contribution is -0.135. The van der Waals surface area contributed by atoms with Crippen molar-refractivity contribution in [3.8, 4) is 0 Å². The van der Waals surface area contributed by atoms with E-state index in [-0.39, 0.29) is 17.6 Å². The Bertz CT molecular complexity index is 532. The fourth-order valence-electron chi connectivity index (χ4n) is 3.98. The minimum atomic E-state index is -0.118. The van der Waals surface area contributed by atoms with Gasteiger partial charge in [-0.25, -0.2) is 4.39 Å². The van der Waals surface area contributed by atoms with Crippen LogP contribution in [-0.4, -0.2) is 23.9 Å². The molecule has 1 aromatic rings. The van der Waals surface area contributed by atoms with Crippen molar-refractivity contribution in [2.45, 2.75) is 45.4 Å².